The summed E-state index contributed by atoms with van der Waals surface area (Å²) in [4.78, 5) is 39.7. The maximum Gasteiger partial charge on any atom is 0.255 e. The highest BCUT2D eigenvalue weighted by Gasteiger charge is 2.11. The van der Waals surface area contributed by atoms with Crippen molar-refractivity contribution in [1.82, 2.24) is 9.97 Å². The van der Waals surface area contributed by atoms with Crippen molar-refractivity contribution in [3.8, 4) is 17.1 Å². The van der Waals surface area contributed by atoms with Gasteiger partial charge in [0, 0.05) is 48.4 Å². The number of Topliss-reactive ketones (excluding diaryl/α,β-unsaturated/α-hetero) is 1. The fourth-order valence-electron chi connectivity index (χ4n) is 4.20. The number of nitrogens with one attached hydrogen (secondary N) is 2. The van der Waals surface area contributed by atoms with Crippen LogP contribution in [0, 0.1) is 0 Å². The lowest BCUT2D eigenvalue weighted by Gasteiger charge is -2.11. The second-order valence-electron chi connectivity index (χ2n) is 9.46. The van der Waals surface area contributed by atoms with Crippen molar-refractivity contribution in [2.45, 2.75) is 0 Å². The lowest BCUT2D eigenvalue weighted by molar-refractivity contribution is 0.0997. The van der Waals surface area contributed by atoms with Gasteiger partial charge >= 0.3 is 0 Å². The van der Waals surface area contributed by atoms with Crippen LogP contribution in [0.4, 0.5) is 11.4 Å². The van der Waals surface area contributed by atoms with E-state index in [1.54, 1.807) is 37.6 Å². The van der Waals surface area contributed by atoms with Gasteiger partial charge in [-0.2, -0.15) is 0 Å². The molecule has 0 aliphatic heterocycles. The fraction of sp³-hybridized carbons (Fsp3) is 0.125. The summed E-state index contributed by atoms with van der Waals surface area (Å²) >= 11 is 0. The van der Waals surface area contributed by atoms with Crippen molar-refractivity contribution in [1.29, 1.82) is 0 Å². The third kappa shape index (κ3) is 6.07. The number of aliphatic imine (C=N–C) groups is 1. The van der Waals surface area contributed by atoms with E-state index < -0.39 is 0 Å². The summed E-state index contributed by atoms with van der Waals surface area (Å²) in [5.41, 5.74) is 6.15. The lowest BCUT2D eigenvalue weighted by Crippen LogP contribution is -2.12. The van der Waals surface area contributed by atoms with Gasteiger partial charge in [-0.05, 0) is 72.3 Å². The summed E-state index contributed by atoms with van der Waals surface area (Å²) in [7, 11) is 5.60. The predicted octanol–water partition coefficient (Wildman–Crippen LogP) is 5.86. The molecule has 0 aliphatic rings. The van der Waals surface area contributed by atoms with Gasteiger partial charge in [-0.25, -0.2) is 4.98 Å². The van der Waals surface area contributed by atoms with Crippen LogP contribution in [0.2, 0.25) is 0 Å². The number of anilines is 2. The Morgan fingerprint density at radius 2 is 1.70 bits per heavy atom. The van der Waals surface area contributed by atoms with Crippen molar-refractivity contribution in [2.24, 2.45) is 4.99 Å². The molecule has 0 atom stereocenters. The van der Waals surface area contributed by atoms with E-state index in [0.29, 0.717) is 16.8 Å². The summed E-state index contributed by atoms with van der Waals surface area (Å²) in [6.45, 7) is 0.00866. The van der Waals surface area contributed by atoms with Crippen LogP contribution < -0.4 is 15.0 Å². The topological polar surface area (TPSA) is 99.7 Å². The summed E-state index contributed by atoms with van der Waals surface area (Å²) in [6, 6.07) is 27.7. The smallest absolute Gasteiger partial charge is 0.255 e. The molecule has 0 bridgehead atoms. The zero-order valence-electron chi connectivity index (χ0n) is 22.5. The number of ether oxygens (including phenoxy) is 1. The highest BCUT2D eigenvalue weighted by molar-refractivity contribution is 6.06. The van der Waals surface area contributed by atoms with Crippen molar-refractivity contribution < 1.29 is 14.3 Å². The SMILES string of the molecule is COc1cccc(C=NCC(=O)c2ccc(C(=O)Nc3ccc4nc(-c5ccc(N(C)C)cc5)[nH]c4c3)cc2)c1. The Bertz CT molecular complexity index is 1690. The molecular formula is C32H29N5O3. The number of fused-ring (bicyclic) bond motifs is 1. The molecule has 1 aromatic heterocycles. The van der Waals surface area contributed by atoms with Crippen LogP contribution in [0.3, 0.4) is 0 Å². The van der Waals surface area contributed by atoms with E-state index in [-0.39, 0.29) is 18.2 Å². The second-order valence-corrected chi connectivity index (χ2v) is 9.46. The number of H-pyrrole nitrogens is 1. The molecule has 5 rings (SSSR count). The molecule has 0 spiro atoms. The molecule has 2 N–H and O–H groups in total. The molecule has 40 heavy (non-hydrogen) atoms. The number of carbonyl (C=O) groups excluding carboxylic acids is 2. The Kier molecular flexibility index (Phi) is 7.68. The van der Waals surface area contributed by atoms with Crippen molar-refractivity contribution >= 4 is 40.3 Å². The number of benzene rings is 4. The standard InChI is InChI=1S/C32H29N5O3/c1-37(2)26-14-11-23(12-15-26)31-35-28-16-13-25(18-29(28)36-31)34-32(39)24-9-7-22(8-10-24)30(38)20-33-19-21-5-4-6-27(17-21)40-3/h4-19H,20H2,1-3H3,(H,34,39)(H,35,36). The number of ketones is 1. The van der Waals surface area contributed by atoms with Crippen LogP contribution in [0.25, 0.3) is 22.4 Å². The number of imidazole rings is 1. The van der Waals surface area contributed by atoms with E-state index in [4.69, 9.17) is 4.74 Å². The third-order valence-corrected chi connectivity index (χ3v) is 6.43. The van der Waals surface area contributed by atoms with Gasteiger partial charge in [0.25, 0.3) is 5.91 Å². The summed E-state index contributed by atoms with van der Waals surface area (Å²) in [5, 5.41) is 2.92. The third-order valence-electron chi connectivity index (χ3n) is 6.43. The van der Waals surface area contributed by atoms with E-state index in [1.165, 1.54) is 0 Å². The van der Waals surface area contributed by atoms with Crippen LogP contribution in [0.5, 0.6) is 5.75 Å². The summed E-state index contributed by atoms with van der Waals surface area (Å²) in [6.07, 6.45) is 1.64. The molecule has 1 amide bonds. The molecule has 0 saturated carbocycles. The number of aromatic nitrogens is 2. The highest BCUT2D eigenvalue weighted by Crippen LogP contribution is 2.25. The number of nitrogens with zero attached hydrogens (tertiary/aromatic N) is 3. The highest BCUT2D eigenvalue weighted by atomic mass is 16.5. The minimum absolute atomic E-state index is 0.00866. The molecule has 0 fully saturated rings. The van der Waals surface area contributed by atoms with Gasteiger partial charge in [-0.1, -0.05) is 24.3 Å². The molecule has 5 aromatic rings. The molecule has 0 saturated heterocycles. The van der Waals surface area contributed by atoms with Gasteiger partial charge in [0.1, 0.15) is 18.1 Å². The van der Waals surface area contributed by atoms with Crippen molar-refractivity contribution in [2.75, 3.05) is 38.0 Å². The monoisotopic (exact) mass is 531 g/mol. The molecule has 0 unspecified atom stereocenters. The normalized spacial score (nSPS) is 11.1. The largest absolute Gasteiger partial charge is 0.497 e. The van der Waals surface area contributed by atoms with Gasteiger partial charge in [0.05, 0.1) is 18.1 Å². The zero-order valence-corrected chi connectivity index (χ0v) is 22.5. The number of carbonyl (C=O) groups is 2. The van der Waals surface area contributed by atoms with Gasteiger partial charge in [-0.3, -0.25) is 14.6 Å². The first-order valence-electron chi connectivity index (χ1n) is 12.8. The van der Waals surface area contributed by atoms with Crippen LogP contribution in [-0.4, -0.2) is 55.6 Å². The first-order chi connectivity index (χ1) is 19.4. The Hall–Kier alpha value is -5.24. The number of rotatable bonds is 9. The Morgan fingerprint density at radius 3 is 2.42 bits per heavy atom. The zero-order chi connectivity index (χ0) is 28.1. The van der Waals surface area contributed by atoms with Crippen LogP contribution >= 0.6 is 0 Å². The molecule has 0 aliphatic carbocycles. The molecule has 200 valence electrons. The number of amides is 1. The molecule has 8 nitrogen and oxygen atoms in total. The van der Waals surface area contributed by atoms with Gasteiger partial charge in [-0.15, -0.1) is 0 Å². The van der Waals surface area contributed by atoms with Crippen LogP contribution in [-0.2, 0) is 0 Å². The molecule has 8 heteroatoms. The van der Waals surface area contributed by atoms with E-state index in [0.717, 1.165) is 39.4 Å². The van der Waals surface area contributed by atoms with Crippen molar-refractivity contribution in [3.05, 3.63) is 108 Å². The van der Waals surface area contributed by atoms with Gasteiger partial charge < -0.3 is 19.9 Å². The van der Waals surface area contributed by atoms with E-state index >= 15 is 0 Å². The molecule has 1 heterocycles. The van der Waals surface area contributed by atoms with E-state index in [1.807, 2.05) is 85.7 Å². The minimum atomic E-state index is -0.270. The maximum atomic E-state index is 12.9. The molecule has 4 aromatic carbocycles. The van der Waals surface area contributed by atoms with Gasteiger partial charge in [0.15, 0.2) is 5.78 Å². The maximum absolute atomic E-state index is 12.9. The van der Waals surface area contributed by atoms with E-state index in [2.05, 4.69) is 20.3 Å². The number of hydrogen-bond donors (Lipinski definition) is 2. The molecular weight excluding hydrogens is 502 g/mol. The average molecular weight is 532 g/mol. The Morgan fingerprint density at radius 1 is 0.950 bits per heavy atom. The summed E-state index contributed by atoms with van der Waals surface area (Å²) < 4.78 is 5.20. The number of hydrogen-bond acceptors (Lipinski definition) is 6. The Labute approximate surface area is 232 Å². The predicted molar refractivity (Wildman–Crippen MR) is 160 cm³/mol. The van der Waals surface area contributed by atoms with Crippen LogP contribution in [0.15, 0.2) is 96.0 Å². The first kappa shape index (κ1) is 26.4. The van der Waals surface area contributed by atoms with Crippen LogP contribution in [0.1, 0.15) is 26.3 Å². The van der Waals surface area contributed by atoms with Crippen molar-refractivity contribution in [3.63, 3.8) is 0 Å². The number of methoxy groups -OCH3 is 1. The average Bonchev–Trinajstić information content (AvgIpc) is 3.41. The lowest BCUT2D eigenvalue weighted by atomic mass is 10.1. The minimum Gasteiger partial charge on any atom is -0.497 e. The second kappa shape index (κ2) is 11.7. The first-order valence-corrected chi connectivity index (χ1v) is 12.8. The Balaban J connectivity index is 1.21. The van der Waals surface area contributed by atoms with Gasteiger partial charge in [0.2, 0.25) is 0 Å². The molecule has 0 radical (unpaired) electrons. The summed E-state index contributed by atoms with van der Waals surface area (Å²) in [5.74, 6) is 1.08. The van der Waals surface area contributed by atoms with E-state index in [9.17, 15) is 9.59 Å². The fourth-order valence-corrected chi connectivity index (χ4v) is 4.20. The quantitative estimate of drug-likeness (QED) is 0.183. The number of aromatic amines is 1.